The average molecular weight is 439 g/mol. The van der Waals surface area contributed by atoms with E-state index in [-0.39, 0.29) is 5.54 Å². The van der Waals surface area contributed by atoms with Gasteiger partial charge in [-0.05, 0) is 91.6 Å². The molecule has 4 nitrogen and oxygen atoms in total. The molecule has 166 valence electrons. The molecule has 0 spiro atoms. The molecule has 3 atom stereocenters. The molecule has 0 aromatic heterocycles. The highest BCUT2D eigenvalue weighted by molar-refractivity contribution is 7.80. The van der Waals surface area contributed by atoms with Crippen LogP contribution in [0.2, 0.25) is 0 Å². The predicted molar refractivity (Wildman–Crippen MR) is 131 cm³/mol. The molecule has 2 unspecified atom stereocenters. The van der Waals surface area contributed by atoms with Crippen LogP contribution >= 0.6 is 12.2 Å². The summed E-state index contributed by atoms with van der Waals surface area (Å²) in [6.45, 7) is 12.4. The lowest BCUT2D eigenvalue weighted by Gasteiger charge is -2.30. The quantitative estimate of drug-likeness (QED) is 0.600. The van der Waals surface area contributed by atoms with Crippen LogP contribution in [0.1, 0.15) is 64.0 Å². The average Bonchev–Trinajstić information content (AvgIpc) is 3.27. The summed E-state index contributed by atoms with van der Waals surface area (Å²) in [5.74, 6) is 3.37. The molecular weight excluding hydrogens is 404 g/mol. The Bertz CT molecular complexity index is 982. The minimum absolute atomic E-state index is 0.0156. The van der Waals surface area contributed by atoms with Crippen molar-refractivity contribution in [1.29, 1.82) is 0 Å². The van der Waals surface area contributed by atoms with Crippen molar-refractivity contribution in [2.24, 2.45) is 5.92 Å². The van der Waals surface area contributed by atoms with E-state index in [1.54, 1.807) is 0 Å². The Morgan fingerprint density at radius 3 is 2.45 bits per heavy atom. The highest BCUT2D eigenvalue weighted by Gasteiger charge is 2.35. The summed E-state index contributed by atoms with van der Waals surface area (Å²) in [5, 5.41) is 4.24. The molecule has 0 amide bonds. The van der Waals surface area contributed by atoms with Crippen LogP contribution in [0.4, 0.5) is 0 Å². The summed E-state index contributed by atoms with van der Waals surface area (Å²) in [7, 11) is 2.09. The van der Waals surface area contributed by atoms with E-state index in [1.807, 2.05) is 6.07 Å². The Labute approximate surface area is 191 Å². The SMILES string of the molecule is CC1c2cc(-c3ccc4c(c3)OCO4)ccc2C(CCN(C)C(=S)NC(C)(C)C)[C@@H]1C. The second-order valence-electron chi connectivity index (χ2n) is 10.1. The summed E-state index contributed by atoms with van der Waals surface area (Å²) in [6.07, 6.45) is 1.10. The van der Waals surface area contributed by atoms with E-state index in [9.17, 15) is 0 Å². The second-order valence-corrected chi connectivity index (χ2v) is 10.4. The molecule has 0 saturated heterocycles. The lowest BCUT2D eigenvalue weighted by molar-refractivity contribution is 0.174. The molecule has 0 fully saturated rings. The molecule has 5 heteroatoms. The number of hydrogen-bond donors (Lipinski definition) is 1. The Balaban J connectivity index is 1.50. The molecule has 1 aliphatic carbocycles. The summed E-state index contributed by atoms with van der Waals surface area (Å²) in [5.41, 5.74) is 5.37. The zero-order valence-electron chi connectivity index (χ0n) is 19.5. The van der Waals surface area contributed by atoms with Crippen molar-refractivity contribution < 1.29 is 9.47 Å². The van der Waals surface area contributed by atoms with Crippen LogP contribution in [0.15, 0.2) is 36.4 Å². The zero-order valence-corrected chi connectivity index (χ0v) is 20.3. The van der Waals surface area contributed by atoms with Crippen LogP contribution in [0.25, 0.3) is 11.1 Å². The Kier molecular flexibility index (Phi) is 5.91. The van der Waals surface area contributed by atoms with Crippen molar-refractivity contribution in [2.45, 2.75) is 58.4 Å². The minimum atomic E-state index is -0.0156. The smallest absolute Gasteiger partial charge is 0.231 e. The van der Waals surface area contributed by atoms with Crippen molar-refractivity contribution in [3.8, 4) is 22.6 Å². The van der Waals surface area contributed by atoms with Crippen molar-refractivity contribution in [3.05, 3.63) is 47.5 Å². The van der Waals surface area contributed by atoms with E-state index in [1.165, 1.54) is 22.3 Å². The van der Waals surface area contributed by atoms with Crippen molar-refractivity contribution in [1.82, 2.24) is 10.2 Å². The van der Waals surface area contributed by atoms with Crippen LogP contribution in [-0.2, 0) is 0 Å². The maximum Gasteiger partial charge on any atom is 0.231 e. The summed E-state index contributed by atoms with van der Waals surface area (Å²) in [4.78, 5) is 2.18. The molecule has 0 bridgehead atoms. The number of hydrogen-bond acceptors (Lipinski definition) is 3. The van der Waals surface area contributed by atoms with E-state index in [4.69, 9.17) is 21.7 Å². The van der Waals surface area contributed by atoms with Gasteiger partial charge in [0, 0.05) is 19.1 Å². The number of thiocarbonyl (C=S) groups is 1. The van der Waals surface area contributed by atoms with Crippen LogP contribution < -0.4 is 14.8 Å². The molecule has 1 N–H and O–H groups in total. The third-order valence-electron chi connectivity index (χ3n) is 6.71. The molecule has 2 aliphatic rings. The fourth-order valence-electron chi connectivity index (χ4n) is 4.75. The van der Waals surface area contributed by atoms with Crippen LogP contribution in [0.5, 0.6) is 11.5 Å². The summed E-state index contributed by atoms with van der Waals surface area (Å²) >= 11 is 5.60. The first-order chi connectivity index (χ1) is 14.6. The second kappa shape index (κ2) is 8.34. The number of fused-ring (bicyclic) bond motifs is 2. The maximum absolute atomic E-state index is 5.60. The van der Waals surface area contributed by atoms with E-state index in [2.05, 4.69) is 82.2 Å². The normalized spacial score (nSPS) is 21.7. The molecule has 2 aromatic carbocycles. The first kappa shape index (κ1) is 21.9. The fraction of sp³-hybridized carbons (Fsp3) is 0.500. The lowest BCUT2D eigenvalue weighted by atomic mass is 9.87. The van der Waals surface area contributed by atoms with Crippen molar-refractivity contribution >= 4 is 17.3 Å². The Morgan fingerprint density at radius 1 is 1.03 bits per heavy atom. The molecule has 0 saturated carbocycles. The molecule has 4 rings (SSSR count). The van der Waals surface area contributed by atoms with Gasteiger partial charge in [-0.2, -0.15) is 0 Å². The first-order valence-corrected chi connectivity index (χ1v) is 11.6. The van der Waals surface area contributed by atoms with Gasteiger partial charge in [0.25, 0.3) is 0 Å². The number of ether oxygens (including phenoxy) is 2. The number of benzene rings is 2. The van der Waals surface area contributed by atoms with Gasteiger partial charge in [0.15, 0.2) is 16.6 Å². The van der Waals surface area contributed by atoms with Gasteiger partial charge in [-0.25, -0.2) is 0 Å². The lowest BCUT2D eigenvalue weighted by Crippen LogP contribution is -2.47. The van der Waals surface area contributed by atoms with Gasteiger partial charge in [-0.15, -0.1) is 0 Å². The van der Waals surface area contributed by atoms with Crippen molar-refractivity contribution in [2.75, 3.05) is 20.4 Å². The minimum Gasteiger partial charge on any atom is -0.454 e. The van der Waals surface area contributed by atoms with Gasteiger partial charge >= 0.3 is 0 Å². The zero-order chi connectivity index (χ0) is 22.3. The number of nitrogens with zero attached hydrogens (tertiary/aromatic N) is 1. The van der Waals surface area contributed by atoms with Crippen LogP contribution in [0, 0.1) is 5.92 Å². The number of nitrogens with one attached hydrogen (secondary N) is 1. The topological polar surface area (TPSA) is 33.7 Å². The van der Waals surface area contributed by atoms with E-state index < -0.39 is 0 Å². The first-order valence-electron chi connectivity index (χ1n) is 11.2. The molecule has 1 aliphatic heterocycles. The van der Waals surface area contributed by atoms with Crippen LogP contribution in [-0.4, -0.2) is 35.9 Å². The highest BCUT2D eigenvalue weighted by atomic mass is 32.1. The van der Waals surface area contributed by atoms with Crippen LogP contribution in [0.3, 0.4) is 0 Å². The maximum atomic E-state index is 5.60. The number of rotatable bonds is 4. The molecule has 0 radical (unpaired) electrons. The molecule has 1 heterocycles. The molecule has 2 aromatic rings. The highest BCUT2D eigenvalue weighted by Crippen LogP contribution is 2.49. The summed E-state index contributed by atoms with van der Waals surface area (Å²) in [6, 6.07) is 13.2. The summed E-state index contributed by atoms with van der Waals surface area (Å²) < 4.78 is 11.0. The fourth-order valence-corrected chi connectivity index (χ4v) is 5.14. The Hall–Kier alpha value is -2.27. The van der Waals surface area contributed by atoms with E-state index >= 15 is 0 Å². The van der Waals surface area contributed by atoms with E-state index in [0.717, 1.165) is 29.6 Å². The molecule has 31 heavy (non-hydrogen) atoms. The third-order valence-corrected chi connectivity index (χ3v) is 7.12. The monoisotopic (exact) mass is 438 g/mol. The van der Waals surface area contributed by atoms with Gasteiger partial charge < -0.3 is 19.7 Å². The van der Waals surface area contributed by atoms with Crippen molar-refractivity contribution in [3.63, 3.8) is 0 Å². The van der Waals surface area contributed by atoms with Gasteiger partial charge in [-0.1, -0.05) is 38.1 Å². The third kappa shape index (κ3) is 4.52. The van der Waals surface area contributed by atoms with Gasteiger partial charge in [0.1, 0.15) is 0 Å². The largest absolute Gasteiger partial charge is 0.454 e. The van der Waals surface area contributed by atoms with Gasteiger partial charge in [-0.3, -0.25) is 0 Å². The van der Waals surface area contributed by atoms with Gasteiger partial charge in [0.05, 0.1) is 0 Å². The standard InChI is InChI=1S/C26H34N2O2S/c1-16-17(2)22-13-18(19-8-10-23-24(14-19)30-15-29-23)7-9-21(22)20(16)11-12-28(6)25(31)27-26(3,4)5/h7-10,13-14,16-17,20H,11-12,15H2,1-6H3,(H,27,31)/t16-,17?,20?/m1/s1. The molecular formula is C26H34N2O2S. The van der Waals surface area contributed by atoms with Gasteiger partial charge in [0.2, 0.25) is 6.79 Å². The van der Waals surface area contributed by atoms with E-state index in [0.29, 0.717) is 24.5 Å². The predicted octanol–water partition coefficient (Wildman–Crippen LogP) is 5.91. The Morgan fingerprint density at radius 2 is 1.71 bits per heavy atom.